The maximum atomic E-state index is 13.5. The lowest BCUT2D eigenvalue weighted by Crippen LogP contribution is -2.20. The first-order chi connectivity index (χ1) is 6.49. The second-order valence-corrected chi connectivity index (χ2v) is 3.17. The number of carbonyl (C=O) groups is 1. The van der Waals surface area contributed by atoms with Crippen LogP contribution in [-0.4, -0.2) is 13.0 Å². The van der Waals surface area contributed by atoms with Crippen LogP contribution in [0.15, 0.2) is 6.07 Å². The highest BCUT2D eigenvalue weighted by Gasteiger charge is 2.15. The first kappa shape index (κ1) is 10.5. The summed E-state index contributed by atoms with van der Waals surface area (Å²) in [6.45, 7) is 3.30. The molecule has 0 heterocycles. The monoisotopic (exact) mass is 196 g/mol. The SMILES string of the molecule is CNC(=O)c1cc(C)c(N)c(C)c1F. The molecule has 76 valence electrons. The van der Waals surface area contributed by atoms with E-state index in [-0.39, 0.29) is 5.56 Å². The van der Waals surface area contributed by atoms with Crippen LogP contribution in [0.3, 0.4) is 0 Å². The average Bonchev–Trinajstić information content (AvgIpc) is 2.19. The van der Waals surface area contributed by atoms with Crippen molar-refractivity contribution >= 4 is 11.6 Å². The van der Waals surface area contributed by atoms with Crippen LogP contribution in [0.2, 0.25) is 0 Å². The van der Waals surface area contributed by atoms with E-state index in [0.29, 0.717) is 16.8 Å². The summed E-state index contributed by atoms with van der Waals surface area (Å²) < 4.78 is 13.5. The predicted octanol–water partition coefficient (Wildman–Crippen LogP) is 1.38. The Kier molecular flexibility index (Phi) is 2.74. The molecular formula is C10H13FN2O. The molecule has 3 N–H and O–H groups in total. The quantitative estimate of drug-likeness (QED) is 0.667. The summed E-state index contributed by atoms with van der Waals surface area (Å²) in [4.78, 5) is 11.3. The molecule has 1 amide bonds. The number of amides is 1. The van der Waals surface area contributed by atoms with Gasteiger partial charge in [-0.3, -0.25) is 4.79 Å². The number of benzene rings is 1. The van der Waals surface area contributed by atoms with Gasteiger partial charge in [0.25, 0.3) is 5.91 Å². The predicted molar refractivity (Wildman–Crippen MR) is 53.7 cm³/mol. The topological polar surface area (TPSA) is 55.1 Å². The second kappa shape index (κ2) is 3.65. The summed E-state index contributed by atoms with van der Waals surface area (Å²) in [5.74, 6) is -0.985. The minimum atomic E-state index is -0.549. The molecule has 0 aliphatic rings. The number of rotatable bonds is 1. The molecule has 1 aromatic carbocycles. The number of carbonyl (C=O) groups excluding carboxylic acids is 1. The standard InChI is InChI=1S/C10H13FN2O/c1-5-4-7(10(14)13-3)8(11)6(2)9(5)12/h4H,12H2,1-3H3,(H,13,14). The van der Waals surface area contributed by atoms with Gasteiger partial charge in [-0.05, 0) is 25.5 Å². The molecule has 0 radical (unpaired) electrons. The van der Waals surface area contributed by atoms with Crippen molar-refractivity contribution in [1.82, 2.24) is 5.32 Å². The first-order valence-electron chi connectivity index (χ1n) is 4.26. The van der Waals surface area contributed by atoms with Gasteiger partial charge in [0, 0.05) is 18.3 Å². The van der Waals surface area contributed by atoms with Crippen molar-refractivity contribution in [3.63, 3.8) is 0 Å². The van der Waals surface area contributed by atoms with Gasteiger partial charge in [-0.25, -0.2) is 4.39 Å². The molecule has 3 nitrogen and oxygen atoms in total. The molecule has 0 fully saturated rings. The molecule has 4 heteroatoms. The third-order valence-corrected chi connectivity index (χ3v) is 2.23. The minimum Gasteiger partial charge on any atom is -0.398 e. The largest absolute Gasteiger partial charge is 0.398 e. The van der Waals surface area contributed by atoms with E-state index in [1.807, 2.05) is 0 Å². The molecule has 0 unspecified atom stereocenters. The van der Waals surface area contributed by atoms with Crippen molar-refractivity contribution in [1.29, 1.82) is 0 Å². The summed E-state index contributed by atoms with van der Waals surface area (Å²) >= 11 is 0. The summed E-state index contributed by atoms with van der Waals surface area (Å²) in [6.07, 6.45) is 0. The van der Waals surface area contributed by atoms with E-state index in [1.54, 1.807) is 13.8 Å². The van der Waals surface area contributed by atoms with E-state index in [2.05, 4.69) is 5.32 Å². The zero-order valence-corrected chi connectivity index (χ0v) is 8.44. The molecule has 0 bridgehead atoms. The number of hydrogen-bond donors (Lipinski definition) is 2. The van der Waals surface area contributed by atoms with Crippen LogP contribution in [0.5, 0.6) is 0 Å². The Morgan fingerprint density at radius 1 is 1.50 bits per heavy atom. The highest BCUT2D eigenvalue weighted by molar-refractivity contribution is 5.95. The molecule has 0 aliphatic carbocycles. The van der Waals surface area contributed by atoms with Crippen molar-refractivity contribution in [2.75, 3.05) is 12.8 Å². The number of anilines is 1. The van der Waals surface area contributed by atoms with Crippen molar-refractivity contribution in [2.24, 2.45) is 0 Å². The zero-order valence-electron chi connectivity index (χ0n) is 8.44. The van der Waals surface area contributed by atoms with Gasteiger partial charge in [-0.2, -0.15) is 0 Å². The molecule has 14 heavy (non-hydrogen) atoms. The van der Waals surface area contributed by atoms with E-state index in [9.17, 15) is 9.18 Å². The van der Waals surface area contributed by atoms with Crippen LogP contribution in [0.4, 0.5) is 10.1 Å². The fourth-order valence-corrected chi connectivity index (χ4v) is 1.27. The molecule has 0 saturated heterocycles. The van der Waals surface area contributed by atoms with Gasteiger partial charge >= 0.3 is 0 Å². The smallest absolute Gasteiger partial charge is 0.254 e. The Morgan fingerprint density at radius 2 is 2.07 bits per heavy atom. The number of hydrogen-bond acceptors (Lipinski definition) is 2. The zero-order chi connectivity index (χ0) is 10.9. The van der Waals surface area contributed by atoms with E-state index in [4.69, 9.17) is 5.73 Å². The summed E-state index contributed by atoms with van der Waals surface area (Å²) in [5, 5.41) is 2.38. The van der Waals surface area contributed by atoms with E-state index < -0.39 is 11.7 Å². The number of nitrogen functional groups attached to an aromatic ring is 1. The molecule has 1 rings (SSSR count). The van der Waals surface area contributed by atoms with Crippen LogP contribution in [-0.2, 0) is 0 Å². The van der Waals surface area contributed by atoms with Crippen LogP contribution in [0, 0.1) is 19.7 Å². The van der Waals surface area contributed by atoms with Crippen molar-refractivity contribution in [3.05, 3.63) is 28.6 Å². The molecule has 0 aliphatic heterocycles. The number of nitrogens with two attached hydrogens (primary N) is 1. The lowest BCUT2D eigenvalue weighted by molar-refractivity contribution is 0.0959. The highest BCUT2D eigenvalue weighted by Crippen LogP contribution is 2.22. The van der Waals surface area contributed by atoms with Crippen molar-refractivity contribution in [2.45, 2.75) is 13.8 Å². The van der Waals surface area contributed by atoms with Crippen LogP contribution in [0.1, 0.15) is 21.5 Å². The lowest BCUT2D eigenvalue weighted by atomic mass is 10.0. The van der Waals surface area contributed by atoms with Crippen molar-refractivity contribution in [3.8, 4) is 0 Å². The molecule has 0 spiro atoms. The lowest BCUT2D eigenvalue weighted by Gasteiger charge is -2.09. The van der Waals surface area contributed by atoms with E-state index >= 15 is 0 Å². The summed E-state index contributed by atoms with van der Waals surface area (Å²) in [5.41, 5.74) is 7.09. The number of nitrogens with one attached hydrogen (secondary N) is 1. The average molecular weight is 196 g/mol. The summed E-state index contributed by atoms with van der Waals surface area (Å²) in [6, 6.07) is 1.45. The minimum absolute atomic E-state index is 0.0386. The van der Waals surface area contributed by atoms with Gasteiger partial charge in [0.2, 0.25) is 0 Å². The van der Waals surface area contributed by atoms with Gasteiger partial charge in [0.15, 0.2) is 0 Å². The Labute approximate surface area is 82.1 Å². The van der Waals surface area contributed by atoms with Crippen LogP contribution in [0.25, 0.3) is 0 Å². The highest BCUT2D eigenvalue weighted by atomic mass is 19.1. The van der Waals surface area contributed by atoms with Crippen LogP contribution < -0.4 is 11.1 Å². The maximum Gasteiger partial charge on any atom is 0.254 e. The summed E-state index contributed by atoms with van der Waals surface area (Å²) in [7, 11) is 1.46. The van der Waals surface area contributed by atoms with Gasteiger partial charge in [0.05, 0.1) is 5.56 Å². The van der Waals surface area contributed by atoms with Gasteiger partial charge < -0.3 is 11.1 Å². The normalized spacial score (nSPS) is 10.0. The fraction of sp³-hybridized carbons (Fsp3) is 0.300. The molecule has 0 saturated carbocycles. The van der Waals surface area contributed by atoms with Crippen LogP contribution >= 0.6 is 0 Å². The Bertz CT molecular complexity index is 388. The molecular weight excluding hydrogens is 183 g/mol. The number of aryl methyl sites for hydroxylation is 1. The molecule has 0 aromatic heterocycles. The van der Waals surface area contributed by atoms with Gasteiger partial charge in [-0.15, -0.1) is 0 Å². The number of halogens is 1. The third-order valence-electron chi connectivity index (χ3n) is 2.23. The Balaban J connectivity index is 3.40. The first-order valence-corrected chi connectivity index (χ1v) is 4.26. The third kappa shape index (κ3) is 1.55. The second-order valence-electron chi connectivity index (χ2n) is 3.17. The van der Waals surface area contributed by atoms with Crippen molar-refractivity contribution < 1.29 is 9.18 Å². The van der Waals surface area contributed by atoms with E-state index in [0.717, 1.165) is 0 Å². The Morgan fingerprint density at radius 3 is 2.57 bits per heavy atom. The molecule has 1 aromatic rings. The Hall–Kier alpha value is -1.58. The fourth-order valence-electron chi connectivity index (χ4n) is 1.27. The molecule has 0 atom stereocenters. The maximum absolute atomic E-state index is 13.5. The van der Waals surface area contributed by atoms with Gasteiger partial charge in [-0.1, -0.05) is 0 Å². The van der Waals surface area contributed by atoms with E-state index in [1.165, 1.54) is 13.1 Å². The van der Waals surface area contributed by atoms with Gasteiger partial charge in [0.1, 0.15) is 5.82 Å².